The lowest BCUT2D eigenvalue weighted by Gasteiger charge is -2.01. The highest BCUT2D eigenvalue weighted by Crippen LogP contribution is 2.27. The van der Waals surface area contributed by atoms with Gasteiger partial charge < -0.3 is 20.4 Å². The standard InChI is InChI=1S/C14H12O4/c15-11-5-3-9(13(17)7-11)1-2-10-4-6-12(16)8-14(10)18/h1-8,15-18H. The fourth-order valence-electron chi connectivity index (χ4n) is 1.53. The second-order valence-corrected chi connectivity index (χ2v) is 3.82. The van der Waals surface area contributed by atoms with E-state index >= 15 is 0 Å². The summed E-state index contributed by atoms with van der Waals surface area (Å²) in [6.45, 7) is 0. The van der Waals surface area contributed by atoms with Gasteiger partial charge in [0, 0.05) is 23.3 Å². The summed E-state index contributed by atoms with van der Waals surface area (Å²) in [5, 5.41) is 37.4. The third kappa shape index (κ3) is 2.55. The Kier molecular flexibility index (Phi) is 3.10. The minimum Gasteiger partial charge on any atom is -0.508 e. The summed E-state index contributed by atoms with van der Waals surface area (Å²) < 4.78 is 0. The predicted octanol–water partition coefficient (Wildman–Crippen LogP) is 2.68. The lowest BCUT2D eigenvalue weighted by molar-refractivity contribution is 0.448. The van der Waals surface area contributed by atoms with Crippen molar-refractivity contribution in [3.63, 3.8) is 0 Å². The van der Waals surface area contributed by atoms with Crippen LogP contribution >= 0.6 is 0 Å². The Balaban J connectivity index is 2.30. The SMILES string of the molecule is Oc1ccc(C=Cc2ccc(O)cc2O)c(O)c1. The van der Waals surface area contributed by atoms with Gasteiger partial charge in [0.2, 0.25) is 0 Å². The summed E-state index contributed by atoms with van der Waals surface area (Å²) in [7, 11) is 0. The smallest absolute Gasteiger partial charge is 0.126 e. The highest BCUT2D eigenvalue weighted by molar-refractivity contribution is 5.75. The first-order valence-electron chi connectivity index (χ1n) is 5.28. The van der Waals surface area contributed by atoms with Gasteiger partial charge in [0.25, 0.3) is 0 Å². The Hall–Kier alpha value is -2.62. The van der Waals surface area contributed by atoms with Crippen molar-refractivity contribution in [3.8, 4) is 23.0 Å². The van der Waals surface area contributed by atoms with E-state index in [1.54, 1.807) is 24.3 Å². The normalized spacial score (nSPS) is 10.9. The maximum Gasteiger partial charge on any atom is 0.126 e. The van der Waals surface area contributed by atoms with Crippen molar-refractivity contribution in [1.82, 2.24) is 0 Å². The van der Waals surface area contributed by atoms with Gasteiger partial charge in [-0.05, 0) is 24.3 Å². The van der Waals surface area contributed by atoms with Crippen LogP contribution in [0.15, 0.2) is 36.4 Å². The first kappa shape index (κ1) is 11.9. The zero-order valence-corrected chi connectivity index (χ0v) is 9.41. The largest absolute Gasteiger partial charge is 0.508 e. The second-order valence-electron chi connectivity index (χ2n) is 3.82. The van der Waals surface area contributed by atoms with E-state index in [-0.39, 0.29) is 23.0 Å². The molecule has 0 aliphatic heterocycles. The summed E-state index contributed by atoms with van der Waals surface area (Å²) in [6.07, 6.45) is 3.20. The van der Waals surface area contributed by atoms with Gasteiger partial charge in [-0.25, -0.2) is 0 Å². The van der Waals surface area contributed by atoms with Gasteiger partial charge in [0.1, 0.15) is 23.0 Å². The third-order valence-electron chi connectivity index (χ3n) is 2.47. The first-order chi connectivity index (χ1) is 8.56. The summed E-state index contributed by atoms with van der Waals surface area (Å²) in [6, 6.07) is 8.48. The van der Waals surface area contributed by atoms with E-state index < -0.39 is 0 Å². The van der Waals surface area contributed by atoms with Crippen molar-refractivity contribution in [2.75, 3.05) is 0 Å². The summed E-state index contributed by atoms with van der Waals surface area (Å²) >= 11 is 0. The molecule has 4 heteroatoms. The van der Waals surface area contributed by atoms with E-state index in [0.717, 1.165) is 0 Å². The number of benzene rings is 2. The predicted molar refractivity (Wildman–Crippen MR) is 68.5 cm³/mol. The quantitative estimate of drug-likeness (QED) is 0.612. The minimum atomic E-state index is -0.0514. The Bertz CT molecular complexity index is 549. The highest BCUT2D eigenvalue weighted by atomic mass is 16.3. The van der Waals surface area contributed by atoms with Crippen LogP contribution in [-0.2, 0) is 0 Å². The van der Waals surface area contributed by atoms with Gasteiger partial charge in [-0.3, -0.25) is 0 Å². The van der Waals surface area contributed by atoms with Gasteiger partial charge >= 0.3 is 0 Å². The summed E-state index contributed by atoms with van der Waals surface area (Å²) in [5.74, 6) is -0.136. The molecule has 0 radical (unpaired) electrons. The molecule has 0 saturated heterocycles. The average Bonchev–Trinajstić information content (AvgIpc) is 2.30. The topological polar surface area (TPSA) is 80.9 Å². The molecule has 92 valence electrons. The number of phenols is 4. The van der Waals surface area contributed by atoms with Gasteiger partial charge in [0.05, 0.1) is 0 Å². The Morgan fingerprint density at radius 1 is 0.611 bits per heavy atom. The Labute approximate surface area is 104 Å². The van der Waals surface area contributed by atoms with Crippen molar-refractivity contribution >= 4 is 12.2 Å². The second kappa shape index (κ2) is 4.71. The fourth-order valence-corrected chi connectivity index (χ4v) is 1.53. The van der Waals surface area contributed by atoms with Gasteiger partial charge in [0.15, 0.2) is 0 Å². The van der Waals surface area contributed by atoms with E-state index in [4.69, 9.17) is 10.2 Å². The molecule has 0 saturated carbocycles. The Morgan fingerprint density at radius 2 is 1.00 bits per heavy atom. The van der Waals surface area contributed by atoms with Crippen LogP contribution in [0.1, 0.15) is 11.1 Å². The Morgan fingerprint density at radius 3 is 1.33 bits per heavy atom. The molecule has 4 nitrogen and oxygen atoms in total. The molecule has 18 heavy (non-hydrogen) atoms. The zero-order valence-electron chi connectivity index (χ0n) is 9.41. The number of rotatable bonds is 2. The van der Waals surface area contributed by atoms with Gasteiger partial charge in [-0.1, -0.05) is 12.2 Å². The van der Waals surface area contributed by atoms with Crippen molar-refractivity contribution in [1.29, 1.82) is 0 Å². The molecule has 0 amide bonds. The molecule has 0 heterocycles. The van der Waals surface area contributed by atoms with E-state index in [9.17, 15) is 10.2 Å². The van der Waals surface area contributed by atoms with Crippen LogP contribution in [0, 0.1) is 0 Å². The number of hydrogen-bond acceptors (Lipinski definition) is 4. The average molecular weight is 244 g/mol. The molecule has 4 N–H and O–H groups in total. The van der Waals surface area contributed by atoms with E-state index in [2.05, 4.69) is 0 Å². The molecule has 2 rings (SSSR count). The van der Waals surface area contributed by atoms with E-state index in [1.807, 2.05) is 0 Å². The molecule has 0 aliphatic rings. The van der Waals surface area contributed by atoms with Crippen LogP contribution in [-0.4, -0.2) is 20.4 Å². The van der Waals surface area contributed by atoms with Crippen molar-refractivity contribution in [2.45, 2.75) is 0 Å². The molecule has 0 atom stereocenters. The molecule has 2 aromatic carbocycles. The third-order valence-corrected chi connectivity index (χ3v) is 2.47. The van der Waals surface area contributed by atoms with E-state index in [0.29, 0.717) is 11.1 Å². The lowest BCUT2D eigenvalue weighted by atomic mass is 10.1. The first-order valence-corrected chi connectivity index (χ1v) is 5.28. The molecule has 0 fully saturated rings. The van der Waals surface area contributed by atoms with Crippen molar-refractivity contribution in [3.05, 3.63) is 47.5 Å². The molecule has 0 aromatic heterocycles. The maximum absolute atomic E-state index is 9.57. The lowest BCUT2D eigenvalue weighted by Crippen LogP contribution is -1.77. The van der Waals surface area contributed by atoms with Gasteiger partial charge in [-0.15, -0.1) is 0 Å². The van der Waals surface area contributed by atoms with Crippen LogP contribution in [0.3, 0.4) is 0 Å². The molecule has 0 aliphatic carbocycles. The van der Waals surface area contributed by atoms with E-state index in [1.165, 1.54) is 24.3 Å². The molecular weight excluding hydrogens is 232 g/mol. The van der Waals surface area contributed by atoms with Crippen LogP contribution in [0.2, 0.25) is 0 Å². The number of aromatic hydroxyl groups is 4. The minimum absolute atomic E-state index is 0.0165. The molecule has 2 aromatic rings. The zero-order chi connectivity index (χ0) is 13.1. The van der Waals surface area contributed by atoms with Crippen LogP contribution in [0.4, 0.5) is 0 Å². The highest BCUT2D eigenvalue weighted by Gasteiger charge is 2.01. The summed E-state index contributed by atoms with van der Waals surface area (Å²) in [4.78, 5) is 0. The monoisotopic (exact) mass is 244 g/mol. The van der Waals surface area contributed by atoms with Crippen LogP contribution < -0.4 is 0 Å². The van der Waals surface area contributed by atoms with Crippen LogP contribution in [0.5, 0.6) is 23.0 Å². The number of phenolic OH excluding ortho intramolecular Hbond substituents is 4. The molecular formula is C14H12O4. The number of hydrogen-bond donors (Lipinski definition) is 4. The maximum atomic E-state index is 9.57. The fraction of sp³-hybridized carbons (Fsp3) is 0. The molecule has 0 bridgehead atoms. The molecule has 0 spiro atoms. The van der Waals surface area contributed by atoms with Gasteiger partial charge in [-0.2, -0.15) is 0 Å². The van der Waals surface area contributed by atoms with Crippen molar-refractivity contribution < 1.29 is 20.4 Å². The summed E-state index contributed by atoms with van der Waals surface area (Å²) in [5.41, 5.74) is 1.03. The van der Waals surface area contributed by atoms with Crippen molar-refractivity contribution in [2.24, 2.45) is 0 Å². The molecule has 0 unspecified atom stereocenters. The van der Waals surface area contributed by atoms with Crippen LogP contribution in [0.25, 0.3) is 12.2 Å².